The van der Waals surface area contributed by atoms with E-state index in [0.717, 1.165) is 31.7 Å². The van der Waals surface area contributed by atoms with Crippen LogP contribution in [0.25, 0.3) is 0 Å². The summed E-state index contributed by atoms with van der Waals surface area (Å²) in [6.45, 7) is 10.5. The van der Waals surface area contributed by atoms with Crippen LogP contribution in [0.15, 0.2) is 11.2 Å². The number of nitrogens with one attached hydrogen (secondary N) is 1. The summed E-state index contributed by atoms with van der Waals surface area (Å²) in [5.41, 5.74) is -0.479. The number of carbonyl (C=O) groups excluding carboxylic acids is 1. The fraction of sp³-hybridized carbons (Fsp3) is 0.722. The van der Waals surface area contributed by atoms with Crippen molar-refractivity contribution in [3.63, 3.8) is 0 Å². The average Bonchev–Trinajstić information content (AvgIpc) is 2.59. The number of alkyl carbamates (subject to hydrolysis) is 1. The van der Waals surface area contributed by atoms with E-state index in [4.69, 9.17) is 9.47 Å². The largest absolute Gasteiger partial charge is 0.478 e. The van der Waals surface area contributed by atoms with E-state index < -0.39 is 5.60 Å². The molecule has 2 heterocycles. The molecule has 26 heavy (non-hydrogen) atoms. The van der Waals surface area contributed by atoms with Crippen molar-refractivity contribution < 1.29 is 14.3 Å². The van der Waals surface area contributed by atoms with Crippen LogP contribution in [0.5, 0.6) is 5.88 Å². The van der Waals surface area contributed by atoms with Gasteiger partial charge < -0.3 is 19.7 Å². The van der Waals surface area contributed by atoms with Crippen LogP contribution in [0.2, 0.25) is 0 Å². The molecule has 1 amide bonds. The number of anilines is 1. The Morgan fingerprint density at radius 1 is 1.42 bits per heavy atom. The molecule has 1 unspecified atom stereocenters. The van der Waals surface area contributed by atoms with Crippen molar-refractivity contribution in [3.8, 4) is 5.88 Å². The normalized spacial score (nSPS) is 17.7. The molecule has 7 nitrogen and oxygen atoms in total. The third-order valence-corrected chi connectivity index (χ3v) is 4.47. The van der Waals surface area contributed by atoms with E-state index in [9.17, 15) is 4.79 Å². The summed E-state index contributed by atoms with van der Waals surface area (Å²) in [4.78, 5) is 23.1. The molecule has 2 rings (SSSR count). The molecule has 1 aromatic rings. The van der Waals surface area contributed by atoms with E-state index in [0.29, 0.717) is 30.1 Å². The first-order valence-corrected chi connectivity index (χ1v) is 10.3. The highest BCUT2D eigenvalue weighted by molar-refractivity contribution is 7.98. The second-order valence-corrected chi connectivity index (χ2v) is 8.09. The number of hydrogen-bond donors (Lipinski definition) is 1. The Bertz CT molecular complexity index is 607. The molecule has 1 atom stereocenters. The van der Waals surface area contributed by atoms with Crippen LogP contribution >= 0.6 is 11.8 Å². The second-order valence-electron chi connectivity index (χ2n) is 7.32. The topological polar surface area (TPSA) is 76.6 Å². The molecule has 146 valence electrons. The molecule has 1 aliphatic rings. The molecule has 1 fully saturated rings. The maximum absolute atomic E-state index is 11.9. The number of ether oxygens (including phenoxy) is 2. The predicted octanol–water partition coefficient (Wildman–Crippen LogP) is 3.34. The van der Waals surface area contributed by atoms with Crippen LogP contribution in [0.4, 0.5) is 10.6 Å². The van der Waals surface area contributed by atoms with Crippen LogP contribution in [-0.4, -0.2) is 54.2 Å². The quantitative estimate of drug-likeness (QED) is 0.597. The number of nitrogens with zero attached hydrogens (tertiary/aromatic N) is 3. The fourth-order valence-electron chi connectivity index (χ4n) is 2.85. The molecule has 0 aliphatic carbocycles. The monoisotopic (exact) mass is 382 g/mol. The summed E-state index contributed by atoms with van der Waals surface area (Å²) in [6.07, 6.45) is 3.73. The van der Waals surface area contributed by atoms with Gasteiger partial charge in [-0.2, -0.15) is 4.98 Å². The number of amides is 1. The molecule has 1 N–H and O–H groups in total. The number of piperidine rings is 1. The van der Waals surface area contributed by atoms with Gasteiger partial charge in [-0.05, 0) is 52.7 Å². The Labute approximate surface area is 160 Å². The number of carbonyl (C=O) groups is 1. The van der Waals surface area contributed by atoms with E-state index in [2.05, 4.69) is 20.2 Å². The molecule has 1 aromatic heterocycles. The maximum Gasteiger partial charge on any atom is 0.407 e. The van der Waals surface area contributed by atoms with Crippen LogP contribution in [-0.2, 0) is 4.74 Å². The summed E-state index contributed by atoms with van der Waals surface area (Å²) in [6, 6.07) is 1.90. The van der Waals surface area contributed by atoms with Crippen LogP contribution in [0.1, 0.15) is 40.5 Å². The Morgan fingerprint density at radius 3 is 2.85 bits per heavy atom. The van der Waals surface area contributed by atoms with Crippen molar-refractivity contribution in [2.24, 2.45) is 5.92 Å². The van der Waals surface area contributed by atoms with Gasteiger partial charge >= 0.3 is 6.09 Å². The van der Waals surface area contributed by atoms with Gasteiger partial charge in [0.25, 0.3) is 0 Å². The van der Waals surface area contributed by atoms with Crippen molar-refractivity contribution in [1.82, 2.24) is 15.3 Å². The van der Waals surface area contributed by atoms with Crippen LogP contribution in [0, 0.1) is 5.92 Å². The molecule has 0 aromatic carbocycles. The summed E-state index contributed by atoms with van der Waals surface area (Å²) in [5, 5.41) is 3.59. The van der Waals surface area contributed by atoms with Gasteiger partial charge in [0.1, 0.15) is 11.4 Å². The SMILES string of the molecule is CCOc1cc(N2CCCC(CNC(=O)OC(C)(C)C)C2)nc(SC)n1. The molecule has 0 radical (unpaired) electrons. The van der Waals surface area contributed by atoms with Crippen molar-refractivity contribution in [1.29, 1.82) is 0 Å². The van der Waals surface area contributed by atoms with Gasteiger partial charge in [0.15, 0.2) is 5.16 Å². The zero-order valence-electron chi connectivity index (χ0n) is 16.4. The van der Waals surface area contributed by atoms with E-state index in [-0.39, 0.29) is 6.09 Å². The minimum absolute atomic E-state index is 0.361. The first-order chi connectivity index (χ1) is 12.3. The fourth-order valence-corrected chi connectivity index (χ4v) is 3.22. The molecule has 1 aliphatic heterocycles. The summed E-state index contributed by atoms with van der Waals surface area (Å²) in [5.74, 6) is 1.85. The molecule has 0 bridgehead atoms. The lowest BCUT2D eigenvalue weighted by Gasteiger charge is -2.34. The van der Waals surface area contributed by atoms with Gasteiger partial charge in [-0.1, -0.05) is 11.8 Å². The van der Waals surface area contributed by atoms with Crippen molar-refractivity contribution in [3.05, 3.63) is 6.07 Å². The summed E-state index contributed by atoms with van der Waals surface area (Å²) in [7, 11) is 0. The smallest absolute Gasteiger partial charge is 0.407 e. The van der Waals surface area contributed by atoms with Gasteiger partial charge in [-0.25, -0.2) is 9.78 Å². The minimum Gasteiger partial charge on any atom is -0.478 e. The highest BCUT2D eigenvalue weighted by atomic mass is 32.2. The van der Waals surface area contributed by atoms with E-state index in [1.807, 2.05) is 40.0 Å². The Hall–Kier alpha value is -1.70. The standard InChI is InChI=1S/C18H30N4O3S/c1-6-24-15-10-14(20-16(21-15)26-5)22-9-7-8-13(12-22)11-19-17(23)25-18(2,3)4/h10,13H,6-9,11-12H2,1-5H3,(H,19,23). The Balaban J connectivity index is 1.97. The molecule has 1 saturated heterocycles. The van der Waals surface area contributed by atoms with Crippen molar-refractivity contribution in [2.75, 3.05) is 37.4 Å². The number of thioether (sulfide) groups is 1. The minimum atomic E-state index is -0.479. The van der Waals surface area contributed by atoms with E-state index in [1.54, 1.807) is 0 Å². The number of aromatic nitrogens is 2. The number of hydrogen-bond acceptors (Lipinski definition) is 7. The van der Waals surface area contributed by atoms with Gasteiger partial charge in [0.05, 0.1) is 6.61 Å². The second kappa shape index (κ2) is 9.30. The van der Waals surface area contributed by atoms with Gasteiger partial charge in [-0.3, -0.25) is 0 Å². The third kappa shape index (κ3) is 6.55. The zero-order chi connectivity index (χ0) is 19.2. The van der Waals surface area contributed by atoms with Crippen molar-refractivity contribution in [2.45, 2.75) is 51.3 Å². The highest BCUT2D eigenvalue weighted by Gasteiger charge is 2.24. The first-order valence-electron chi connectivity index (χ1n) is 9.08. The Morgan fingerprint density at radius 2 is 2.19 bits per heavy atom. The molecular formula is C18H30N4O3S. The lowest BCUT2D eigenvalue weighted by Crippen LogP contribution is -2.42. The highest BCUT2D eigenvalue weighted by Crippen LogP contribution is 2.26. The Kier molecular flexibility index (Phi) is 7.37. The van der Waals surface area contributed by atoms with Crippen molar-refractivity contribution >= 4 is 23.7 Å². The first kappa shape index (κ1) is 20.6. The van der Waals surface area contributed by atoms with Crippen LogP contribution in [0.3, 0.4) is 0 Å². The maximum atomic E-state index is 11.9. The molecular weight excluding hydrogens is 352 g/mol. The third-order valence-electron chi connectivity index (χ3n) is 3.92. The zero-order valence-corrected chi connectivity index (χ0v) is 17.2. The summed E-state index contributed by atoms with van der Waals surface area (Å²) >= 11 is 1.50. The van der Waals surface area contributed by atoms with E-state index >= 15 is 0 Å². The lowest BCUT2D eigenvalue weighted by molar-refractivity contribution is 0.0517. The van der Waals surface area contributed by atoms with Gasteiger partial charge in [0, 0.05) is 25.7 Å². The molecule has 0 saturated carbocycles. The lowest BCUT2D eigenvalue weighted by atomic mass is 9.98. The van der Waals surface area contributed by atoms with Gasteiger partial charge in [-0.15, -0.1) is 0 Å². The average molecular weight is 383 g/mol. The molecule has 0 spiro atoms. The van der Waals surface area contributed by atoms with Crippen LogP contribution < -0.4 is 15.0 Å². The van der Waals surface area contributed by atoms with E-state index in [1.165, 1.54) is 11.8 Å². The summed E-state index contributed by atoms with van der Waals surface area (Å²) < 4.78 is 10.9. The van der Waals surface area contributed by atoms with Gasteiger partial charge in [0.2, 0.25) is 5.88 Å². The number of rotatable bonds is 6. The predicted molar refractivity (Wildman–Crippen MR) is 104 cm³/mol. The molecule has 8 heteroatoms.